The Morgan fingerprint density at radius 3 is 2.35 bits per heavy atom. The van der Waals surface area contributed by atoms with Crippen LogP contribution in [0.3, 0.4) is 0 Å². The molecule has 1 fully saturated rings. The molecule has 0 saturated heterocycles. The van der Waals surface area contributed by atoms with Gasteiger partial charge in [-0.05, 0) is 30.5 Å². The van der Waals surface area contributed by atoms with E-state index in [0.29, 0.717) is 24.0 Å². The van der Waals surface area contributed by atoms with Crippen LogP contribution in [0.1, 0.15) is 24.0 Å². The zero-order valence-electron chi connectivity index (χ0n) is 10.7. The molecule has 1 saturated carbocycles. The second-order valence-electron chi connectivity index (χ2n) is 4.85. The number of hydrogen-bond donors (Lipinski definition) is 0. The van der Waals surface area contributed by atoms with E-state index in [4.69, 9.17) is 5.26 Å². The summed E-state index contributed by atoms with van der Waals surface area (Å²) in [7, 11) is 0. The smallest absolute Gasteiger partial charge is 0.330 e. The summed E-state index contributed by atoms with van der Waals surface area (Å²) in [5, 5.41) is 8.66. The summed E-state index contributed by atoms with van der Waals surface area (Å²) in [5.41, 5.74) is 1.07. The lowest BCUT2D eigenvalue weighted by Crippen LogP contribution is -2.41. The summed E-state index contributed by atoms with van der Waals surface area (Å²) in [6.45, 7) is -1.19. The molecule has 0 aliphatic heterocycles. The van der Waals surface area contributed by atoms with E-state index in [1.54, 1.807) is 24.3 Å². The summed E-state index contributed by atoms with van der Waals surface area (Å²) in [6.07, 6.45) is -3.18. The number of amides is 1. The predicted octanol–water partition coefficient (Wildman–Crippen LogP) is 2.65. The number of benzene rings is 1. The molecule has 1 amide bonds. The van der Waals surface area contributed by atoms with E-state index in [1.807, 2.05) is 6.07 Å². The van der Waals surface area contributed by atoms with Gasteiger partial charge in [0.25, 0.3) is 0 Å². The number of alkyl halides is 3. The third-order valence-electron chi connectivity index (χ3n) is 3.10. The first-order chi connectivity index (χ1) is 9.39. The number of nitriles is 1. The minimum atomic E-state index is -4.37. The minimum Gasteiger partial charge on any atom is -0.330 e. The third kappa shape index (κ3) is 3.98. The van der Waals surface area contributed by atoms with Crippen molar-refractivity contribution in [1.82, 2.24) is 4.90 Å². The van der Waals surface area contributed by atoms with Crippen molar-refractivity contribution in [3.05, 3.63) is 35.4 Å². The quantitative estimate of drug-likeness (QED) is 0.852. The van der Waals surface area contributed by atoms with Gasteiger partial charge in [-0.3, -0.25) is 4.79 Å². The van der Waals surface area contributed by atoms with Gasteiger partial charge in [0.1, 0.15) is 6.54 Å². The van der Waals surface area contributed by atoms with Crippen LogP contribution in [0.25, 0.3) is 0 Å². The van der Waals surface area contributed by atoms with Crippen molar-refractivity contribution in [3.8, 4) is 6.07 Å². The summed E-state index contributed by atoms with van der Waals surface area (Å²) in [4.78, 5) is 12.9. The van der Waals surface area contributed by atoms with Crippen LogP contribution >= 0.6 is 0 Å². The van der Waals surface area contributed by atoms with Gasteiger partial charge in [-0.25, -0.2) is 0 Å². The maximum absolute atomic E-state index is 12.5. The Labute approximate surface area is 114 Å². The molecule has 0 aromatic heterocycles. The van der Waals surface area contributed by atoms with E-state index >= 15 is 0 Å². The van der Waals surface area contributed by atoms with Gasteiger partial charge in [0.05, 0.1) is 18.1 Å². The number of carbonyl (C=O) groups is 1. The number of nitrogens with zero attached hydrogens (tertiary/aromatic N) is 2. The summed E-state index contributed by atoms with van der Waals surface area (Å²) in [5.74, 6) is -0.519. The van der Waals surface area contributed by atoms with Crippen LogP contribution in [0.4, 0.5) is 13.2 Å². The van der Waals surface area contributed by atoms with E-state index in [1.165, 1.54) is 0 Å². The van der Waals surface area contributed by atoms with Crippen LogP contribution in [-0.4, -0.2) is 29.6 Å². The van der Waals surface area contributed by atoms with Crippen LogP contribution in [0.15, 0.2) is 24.3 Å². The number of hydrogen-bond acceptors (Lipinski definition) is 2. The predicted molar refractivity (Wildman–Crippen MR) is 65.7 cm³/mol. The molecule has 106 valence electrons. The summed E-state index contributed by atoms with van der Waals surface area (Å²) >= 11 is 0. The molecule has 0 N–H and O–H groups in total. The van der Waals surface area contributed by atoms with Gasteiger partial charge in [0.2, 0.25) is 5.91 Å². The van der Waals surface area contributed by atoms with Gasteiger partial charge in [0, 0.05) is 6.04 Å². The van der Waals surface area contributed by atoms with Gasteiger partial charge >= 0.3 is 6.18 Å². The Kier molecular flexibility index (Phi) is 3.98. The standard InChI is InChI=1S/C14H13F3N2O/c15-14(16,17)9-19(12-5-6-12)13(20)7-10-1-3-11(8-18)4-2-10/h1-4,12H,5-7,9H2. The van der Waals surface area contributed by atoms with Crippen molar-refractivity contribution >= 4 is 5.91 Å². The molecule has 0 spiro atoms. The molecule has 2 rings (SSSR count). The summed E-state index contributed by atoms with van der Waals surface area (Å²) < 4.78 is 37.4. The average Bonchev–Trinajstić information content (AvgIpc) is 3.20. The van der Waals surface area contributed by atoms with E-state index in [0.717, 1.165) is 4.90 Å². The highest BCUT2D eigenvalue weighted by Crippen LogP contribution is 2.30. The number of halogens is 3. The van der Waals surface area contributed by atoms with Gasteiger partial charge in [-0.1, -0.05) is 12.1 Å². The highest BCUT2D eigenvalue weighted by Gasteiger charge is 2.40. The first kappa shape index (κ1) is 14.4. The number of carbonyl (C=O) groups excluding carboxylic acids is 1. The Morgan fingerprint density at radius 1 is 1.30 bits per heavy atom. The highest BCUT2D eigenvalue weighted by atomic mass is 19.4. The van der Waals surface area contributed by atoms with Gasteiger partial charge in [0.15, 0.2) is 0 Å². The molecule has 1 aliphatic rings. The lowest BCUT2D eigenvalue weighted by molar-refractivity contribution is -0.162. The fourth-order valence-electron chi connectivity index (χ4n) is 1.97. The lowest BCUT2D eigenvalue weighted by atomic mass is 10.1. The molecule has 20 heavy (non-hydrogen) atoms. The summed E-state index contributed by atoms with van der Waals surface area (Å²) in [6, 6.07) is 7.95. The molecule has 1 aromatic rings. The Morgan fingerprint density at radius 2 is 1.90 bits per heavy atom. The molecular formula is C14H13F3N2O. The minimum absolute atomic E-state index is 0.0711. The van der Waals surface area contributed by atoms with E-state index < -0.39 is 18.6 Å². The molecule has 0 unspecified atom stereocenters. The van der Waals surface area contributed by atoms with E-state index in [2.05, 4.69) is 0 Å². The van der Waals surface area contributed by atoms with Crippen LogP contribution < -0.4 is 0 Å². The van der Waals surface area contributed by atoms with Gasteiger partial charge in [-0.2, -0.15) is 18.4 Å². The van der Waals surface area contributed by atoms with E-state index in [9.17, 15) is 18.0 Å². The monoisotopic (exact) mass is 282 g/mol. The largest absolute Gasteiger partial charge is 0.406 e. The maximum atomic E-state index is 12.5. The molecule has 0 bridgehead atoms. The third-order valence-corrected chi connectivity index (χ3v) is 3.10. The van der Waals surface area contributed by atoms with Gasteiger partial charge in [-0.15, -0.1) is 0 Å². The Balaban J connectivity index is 2.02. The van der Waals surface area contributed by atoms with Gasteiger partial charge < -0.3 is 4.90 Å². The Bertz CT molecular complexity index is 527. The molecule has 1 aliphatic carbocycles. The fraction of sp³-hybridized carbons (Fsp3) is 0.429. The topological polar surface area (TPSA) is 44.1 Å². The SMILES string of the molecule is N#Cc1ccc(CC(=O)N(CC(F)(F)F)C2CC2)cc1. The first-order valence-electron chi connectivity index (χ1n) is 6.24. The fourth-order valence-corrected chi connectivity index (χ4v) is 1.97. The number of rotatable bonds is 4. The first-order valence-corrected chi connectivity index (χ1v) is 6.24. The zero-order valence-corrected chi connectivity index (χ0v) is 10.7. The van der Waals surface area contributed by atoms with Crippen molar-refractivity contribution < 1.29 is 18.0 Å². The van der Waals surface area contributed by atoms with Crippen molar-refractivity contribution in [3.63, 3.8) is 0 Å². The lowest BCUT2D eigenvalue weighted by Gasteiger charge is -2.23. The van der Waals surface area contributed by atoms with Crippen molar-refractivity contribution in [2.24, 2.45) is 0 Å². The van der Waals surface area contributed by atoms with Crippen molar-refractivity contribution in [2.75, 3.05) is 6.54 Å². The Hall–Kier alpha value is -2.03. The molecule has 1 aromatic carbocycles. The van der Waals surface area contributed by atoms with Crippen LogP contribution in [0, 0.1) is 11.3 Å². The second kappa shape index (κ2) is 5.53. The molecule has 0 heterocycles. The molecule has 0 atom stereocenters. The molecule has 0 radical (unpaired) electrons. The molecule has 6 heteroatoms. The van der Waals surface area contributed by atoms with Crippen LogP contribution in [-0.2, 0) is 11.2 Å². The highest BCUT2D eigenvalue weighted by molar-refractivity contribution is 5.79. The van der Waals surface area contributed by atoms with Crippen LogP contribution in [0.5, 0.6) is 0 Å². The second-order valence-corrected chi connectivity index (χ2v) is 4.85. The van der Waals surface area contributed by atoms with Crippen molar-refractivity contribution in [1.29, 1.82) is 5.26 Å². The molecule has 3 nitrogen and oxygen atoms in total. The molecular weight excluding hydrogens is 269 g/mol. The average molecular weight is 282 g/mol. The zero-order chi connectivity index (χ0) is 14.8. The van der Waals surface area contributed by atoms with E-state index in [-0.39, 0.29) is 12.5 Å². The maximum Gasteiger partial charge on any atom is 0.406 e. The van der Waals surface area contributed by atoms with Crippen molar-refractivity contribution in [2.45, 2.75) is 31.5 Å². The van der Waals surface area contributed by atoms with Crippen LogP contribution in [0.2, 0.25) is 0 Å². The normalized spacial score (nSPS) is 14.7.